The zero-order chi connectivity index (χ0) is 13.1. The van der Waals surface area contributed by atoms with Crippen molar-refractivity contribution in [3.05, 3.63) is 12.2 Å². The van der Waals surface area contributed by atoms with Crippen LogP contribution in [0.15, 0.2) is 12.2 Å². The van der Waals surface area contributed by atoms with Crippen LogP contribution in [0, 0.1) is 0 Å². The van der Waals surface area contributed by atoms with Crippen LogP contribution in [-0.4, -0.2) is 58.4 Å². The van der Waals surface area contributed by atoms with E-state index in [2.05, 4.69) is 0 Å². The molecule has 0 aliphatic carbocycles. The van der Waals surface area contributed by atoms with Gasteiger partial charge in [-0.3, -0.25) is 0 Å². The van der Waals surface area contributed by atoms with Crippen LogP contribution in [0.2, 0.25) is 0 Å². The van der Waals surface area contributed by atoms with Crippen molar-refractivity contribution in [2.75, 3.05) is 19.8 Å². The highest BCUT2D eigenvalue weighted by atomic mass is 16.7. The Balaban J connectivity index is 3.18. The van der Waals surface area contributed by atoms with Crippen LogP contribution in [0.4, 0.5) is 0 Å². The molecule has 0 spiro atoms. The number of esters is 2. The lowest BCUT2D eigenvalue weighted by Crippen LogP contribution is -2.70. The minimum atomic E-state index is -2.33. The van der Waals surface area contributed by atoms with Crippen molar-refractivity contribution in [2.45, 2.75) is 11.3 Å². The third-order valence-electron chi connectivity index (χ3n) is 2.42. The normalized spacial score (nSPS) is 19.5. The lowest BCUT2D eigenvalue weighted by atomic mass is 9.91. The van der Waals surface area contributed by atoms with Gasteiger partial charge in [0.05, 0.1) is 13.2 Å². The molecule has 0 atom stereocenters. The average molecular weight is 247 g/mol. The summed E-state index contributed by atoms with van der Waals surface area (Å²) >= 11 is 0. The second-order valence-corrected chi connectivity index (χ2v) is 3.56. The van der Waals surface area contributed by atoms with Crippen LogP contribution >= 0.6 is 0 Å². The minimum Gasteiger partial charge on any atom is -0.414 e. The smallest absolute Gasteiger partial charge is 0.334 e. The van der Waals surface area contributed by atoms with Gasteiger partial charge >= 0.3 is 17.7 Å². The molecule has 0 amide bonds. The molecule has 1 aliphatic heterocycles. The van der Waals surface area contributed by atoms with E-state index in [1.54, 1.807) is 0 Å². The third-order valence-corrected chi connectivity index (χ3v) is 2.42. The Morgan fingerprint density at radius 3 is 1.82 bits per heavy atom. The lowest BCUT2D eigenvalue weighted by molar-refractivity contribution is -0.267. The Labute approximate surface area is 96.2 Å². The van der Waals surface area contributed by atoms with E-state index in [4.69, 9.17) is 25.4 Å². The summed E-state index contributed by atoms with van der Waals surface area (Å²) < 4.78 is 9.40. The first-order chi connectivity index (χ1) is 7.93. The molecule has 0 bridgehead atoms. The van der Waals surface area contributed by atoms with Crippen molar-refractivity contribution in [2.24, 2.45) is 5.73 Å². The zero-order valence-electron chi connectivity index (χ0n) is 8.83. The van der Waals surface area contributed by atoms with Crippen LogP contribution in [0.5, 0.6) is 0 Å². The number of hydrogen-bond acceptors (Lipinski definition) is 8. The molecule has 0 unspecified atom stereocenters. The summed E-state index contributed by atoms with van der Waals surface area (Å²) in [4.78, 5) is 22.4. The van der Waals surface area contributed by atoms with Gasteiger partial charge in [-0.05, 0) is 0 Å². The van der Waals surface area contributed by atoms with Gasteiger partial charge in [-0.1, -0.05) is 0 Å². The fourth-order valence-electron chi connectivity index (χ4n) is 1.27. The number of rotatable bonds is 4. The molecule has 5 N–H and O–H groups in total. The van der Waals surface area contributed by atoms with Gasteiger partial charge in [-0.2, -0.15) is 0 Å². The molecule has 96 valence electrons. The van der Waals surface area contributed by atoms with Crippen LogP contribution in [0.25, 0.3) is 0 Å². The summed E-state index contributed by atoms with van der Waals surface area (Å²) in [7, 11) is 0. The fraction of sp³-hybridized carbons (Fsp3) is 0.556. The van der Waals surface area contributed by atoms with E-state index < -0.39 is 43.1 Å². The lowest BCUT2D eigenvalue weighted by Gasteiger charge is -2.41. The van der Waals surface area contributed by atoms with E-state index >= 15 is 0 Å². The number of carbonyl (C=O) groups is 2. The van der Waals surface area contributed by atoms with Crippen LogP contribution < -0.4 is 5.73 Å². The molecular formula is C9H13NO7. The van der Waals surface area contributed by atoms with Gasteiger partial charge in [-0.25, -0.2) is 9.59 Å². The minimum absolute atomic E-state index is 0.787. The van der Waals surface area contributed by atoms with Gasteiger partial charge in [0, 0.05) is 12.2 Å². The molecule has 0 saturated heterocycles. The Morgan fingerprint density at radius 1 is 1.12 bits per heavy atom. The summed E-state index contributed by atoms with van der Waals surface area (Å²) in [5.41, 5.74) is 3.55. The van der Waals surface area contributed by atoms with E-state index in [1.165, 1.54) is 0 Å². The van der Waals surface area contributed by atoms with E-state index in [-0.39, 0.29) is 0 Å². The van der Waals surface area contributed by atoms with Gasteiger partial charge in [0.25, 0.3) is 0 Å². The predicted molar refractivity (Wildman–Crippen MR) is 52.2 cm³/mol. The predicted octanol–water partition coefficient (Wildman–Crippen LogP) is -2.99. The SMILES string of the molecule is NC(CO)(CO)C1(CO)OC(=O)C=CC(=O)O1. The Bertz CT molecular complexity index is 327. The van der Waals surface area contributed by atoms with Crippen molar-refractivity contribution < 1.29 is 34.4 Å². The highest BCUT2D eigenvalue weighted by molar-refractivity contribution is 5.93. The molecule has 8 nitrogen and oxygen atoms in total. The van der Waals surface area contributed by atoms with Gasteiger partial charge in [0.2, 0.25) is 0 Å². The molecule has 0 fully saturated rings. The Hall–Kier alpha value is -1.48. The molecule has 0 aromatic heterocycles. The number of carbonyl (C=O) groups excluding carboxylic acids is 2. The van der Waals surface area contributed by atoms with Crippen molar-refractivity contribution in [1.29, 1.82) is 0 Å². The van der Waals surface area contributed by atoms with E-state index in [1.807, 2.05) is 0 Å². The van der Waals surface area contributed by atoms with Crippen molar-refractivity contribution >= 4 is 11.9 Å². The highest BCUT2D eigenvalue weighted by Gasteiger charge is 2.56. The molecule has 0 saturated carbocycles. The molecule has 1 aliphatic rings. The quantitative estimate of drug-likeness (QED) is 0.386. The van der Waals surface area contributed by atoms with Gasteiger partial charge < -0.3 is 30.5 Å². The summed E-state index contributed by atoms with van der Waals surface area (Å²) in [5, 5.41) is 27.4. The molecule has 0 radical (unpaired) electrons. The number of nitrogens with two attached hydrogens (primary N) is 1. The van der Waals surface area contributed by atoms with Gasteiger partial charge in [0.1, 0.15) is 12.1 Å². The second kappa shape index (κ2) is 4.80. The number of aliphatic hydroxyl groups is 3. The molecule has 1 heterocycles. The topological polar surface area (TPSA) is 139 Å². The average Bonchev–Trinajstić information content (AvgIpc) is 2.48. The molecule has 17 heavy (non-hydrogen) atoms. The zero-order valence-corrected chi connectivity index (χ0v) is 8.83. The number of ether oxygens (including phenoxy) is 2. The highest BCUT2D eigenvalue weighted by Crippen LogP contribution is 2.28. The van der Waals surface area contributed by atoms with E-state index in [9.17, 15) is 14.7 Å². The molecular weight excluding hydrogens is 234 g/mol. The van der Waals surface area contributed by atoms with Gasteiger partial charge in [0.15, 0.2) is 0 Å². The largest absolute Gasteiger partial charge is 0.414 e. The summed E-state index contributed by atoms with van der Waals surface area (Å²) in [6.07, 6.45) is 1.57. The van der Waals surface area contributed by atoms with Crippen LogP contribution in [0.3, 0.4) is 0 Å². The summed E-state index contributed by atoms with van der Waals surface area (Å²) in [6.45, 7) is -2.74. The monoisotopic (exact) mass is 247 g/mol. The Morgan fingerprint density at radius 2 is 1.53 bits per heavy atom. The number of cyclic esters (lactones) is 2. The van der Waals surface area contributed by atoms with Crippen LogP contribution in [-0.2, 0) is 19.1 Å². The third kappa shape index (κ3) is 2.29. The van der Waals surface area contributed by atoms with Crippen LogP contribution in [0.1, 0.15) is 0 Å². The molecule has 1 rings (SSSR count). The fourth-order valence-corrected chi connectivity index (χ4v) is 1.27. The Kier molecular flexibility index (Phi) is 3.83. The molecule has 0 aromatic carbocycles. The first-order valence-electron chi connectivity index (χ1n) is 4.68. The summed E-state index contributed by atoms with van der Waals surface area (Å²) in [5.74, 6) is -4.29. The maximum Gasteiger partial charge on any atom is 0.334 e. The van der Waals surface area contributed by atoms with Crippen molar-refractivity contribution in [1.82, 2.24) is 0 Å². The van der Waals surface area contributed by atoms with Gasteiger partial charge in [-0.15, -0.1) is 0 Å². The second-order valence-electron chi connectivity index (χ2n) is 3.56. The van der Waals surface area contributed by atoms with E-state index in [0.717, 1.165) is 12.2 Å². The van der Waals surface area contributed by atoms with E-state index in [0.29, 0.717) is 0 Å². The standard InChI is InChI=1S/C9H13NO7/c10-8(3-11,4-12)9(5-13)16-6(14)1-2-7(15)17-9/h1-2,11-13H,3-5,10H2. The molecule has 8 heteroatoms. The maximum atomic E-state index is 11.2. The maximum absolute atomic E-state index is 11.2. The summed E-state index contributed by atoms with van der Waals surface area (Å²) in [6, 6.07) is 0. The number of aliphatic hydroxyl groups excluding tert-OH is 3. The first kappa shape index (κ1) is 13.6. The number of hydrogen-bond donors (Lipinski definition) is 4. The van der Waals surface area contributed by atoms with Crippen molar-refractivity contribution in [3.8, 4) is 0 Å². The van der Waals surface area contributed by atoms with Crippen molar-refractivity contribution in [3.63, 3.8) is 0 Å². The molecule has 0 aromatic rings. The first-order valence-corrected chi connectivity index (χ1v) is 4.68.